The van der Waals surface area contributed by atoms with E-state index in [4.69, 9.17) is 5.73 Å². The van der Waals surface area contributed by atoms with Crippen LogP contribution >= 0.6 is 0 Å². The monoisotopic (exact) mass is 367 g/mol. The smallest absolute Gasteiger partial charge is 1.00 e. The second kappa shape index (κ2) is 13.9. The van der Waals surface area contributed by atoms with Gasteiger partial charge in [-0.1, -0.05) is 6.33 Å². The molecule has 0 amide bonds. The molecular formula is C5H14ClN10ORu-4. The summed E-state index contributed by atoms with van der Waals surface area (Å²) in [6, 6.07) is 0. The summed E-state index contributed by atoms with van der Waals surface area (Å²) in [7, 11) is 0. The third kappa shape index (κ3) is 6.56. The molecule has 18 heavy (non-hydrogen) atoms. The largest absolute Gasteiger partial charge is 3.00 e. The molecule has 0 fully saturated rings. The number of fused-ring (bicyclic) bond motifs is 1. The minimum atomic E-state index is -0.356. The summed E-state index contributed by atoms with van der Waals surface area (Å²) in [5.41, 5.74) is 5.40. The molecule has 109 valence electrons. The number of imidazole rings is 1. The Hall–Kier alpha value is -1.14. The molecule has 0 atom stereocenters. The van der Waals surface area contributed by atoms with Gasteiger partial charge in [-0.2, -0.15) is 0 Å². The van der Waals surface area contributed by atoms with Crippen molar-refractivity contribution >= 4 is 17.1 Å². The molecule has 0 unspecified atom stereocenters. The van der Waals surface area contributed by atoms with Gasteiger partial charge in [-0.15, -0.1) is 0 Å². The fourth-order valence-corrected chi connectivity index (χ4v) is 0.820. The molecule has 0 saturated heterocycles. The van der Waals surface area contributed by atoms with Gasteiger partial charge in [0.1, 0.15) is 0 Å². The van der Waals surface area contributed by atoms with Crippen molar-refractivity contribution in [3.8, 4) is 0 Å². The zero-order valence-corrected chi connectivity index (χ0v) is 11.5. The summed E-state index contributed by atoms with van der Waals surface area (Å²) in [5.74, 6) is 0.0583. The summed E-state index contributed by atoms with van der Waals surface area (Å²) in [4.78, 5) is 24.4. The number of H-pyrrole nitrogens is 1. The summed E-state index contributed by atoms with van der Waals surface area (Å²) in [5, 5.41) is 0. The molecule has 11 nitrogen and oxygen atoms in total. The van der Waals surface area contributed by atoms with Gasteiger partial charge in [0.05, 0.1) is 5.65 Å². The molecule has 0 aromatic carbocycles. The first-order chi connectivity index (χ1) is 5.27. The van der Waals surface area contributed by atoms with E-state index >= 15 is 0 Å². The number of nitrogens with one attached hydrogen (secondary N) is 1. The Kier molecular flexibility index (Phi) is 27.8. The van der Waals surface area contributed by atoms with Crippen molar-refractivity contribution in [3.05, 3.63) is 47.4 Å². The molecule has 0 aliphatic carbocycles. The first kappa shape index (κ1) is 36.0. The minimum absolute atomic E-state index is 0. The molecule has 1 radical (unpaired) electrons. The number of nitrogen functional groups attached to an aromatic ring is 1. The SMILES string of the molecule is Nc1nc2nc[n-]c2c(=O)[nH]1.[Cl-].[NH2-].[NH2-].[NH2-].[NH2-].[NH2-].[Ru+3]. The van der Waals surface area contributed by atoms with Gasteiger partial charge in [-0.25, -0.2) is 4.98 Å². The average molecular weight is 367 g/mol. The minimum Gasteiger partial charge on any atom is -1.00 e. The number of nitrogens with two attached hydrogens (primary N) is 6. The fourth-order valence-electron chi connectivity index (χ4n) is 0.820. The maximum Gasteiger partial charge on any atom is 3.00 e. The zero-order chi connectivity index (χ0) is 7.84. The molecule has 2 rings (SSSR count). The molecule has 0 bridgehead atoms. The van der Waals surface area contributed by atoms with E-state index in [0.29, 0.717) is 0 Å². The van der Waals surface area contributed by atoms with E-state index < -0.39 is 0 Å². The van der Waals surface area contributed by atoms with Crippen LogP contribution in [0.5, 0.6) is 0 Å². The quantitative estimate of drug-likeness (QED) is 0.578. The molecule has 13 heteroatoms. The first-order valence-corrected chi connectivity index (χ1v) is 2.90. The first-order valence-electron chi connectivity index (χ1n) is 2.90. The van der Waals surface area contributed by atoms with Crippen LogP contribution in [-0.2, 0) is 19.5 Å². The van der Waals surface area contributed by atoms with Crippen LogP contribution in [0.2, 0.25) is 0 Å². The standard InChI is InChI=1S/C5H5N5O.ClH.5H2N.Ru/c6-5-9-3-2(4(11)10-5)7-1-8-3;;;;;;;/h1H,(H4,6,7,8,9,10,11);1H;5*1H2;/q;;5*-1;+3/p-2. The predicted octanol–water partition coefficient (Wildman–Crippen LogP) is -0.555. The summed E-state index contributed by atoms with van der Waals surface area (Å²) < 4.78 is 0. The number of nitrogens with zero attached hydrogens (tertiary/aromatic N) is 3. The molecule has 13 N–H and O–H groups in total. The molecule has 0 spiro atoms. The topological polar surface area (TPSA) is 266 Å². The molecule has 2 aromatic heterocycles. The number of hydrogen-bond acceptors (Lipinski definition) is 4. The summed E-state index contributed by atoms with van der Waals surface area (Å²) in [6.45, 7) is 0. The molecule has 0 aliphatic rings. The van der Waals surface area contributed by atoms with Crippen molar-refractivity contribution < 1.29 is 31.9 Å². The Morgan fingerprint density at radius 2 is 1.67 bits per heavy atom. The van der Waals surface area contributed by atoms with Crippen LogP contribution in [0.3, 0.4) is 0 Å². The van der Waals surface area contributed by atoms with Crippen LogP contribution in [0.1, 0.15) is 0 Å². The summed E-state index contributed by atoms with van der Waals surface area (Å²) in [6.07, 6.45) is 1.27. The second-order valence-corrected chi connectivity index (χ2v) is 2.00. The Morgan fingerprint density at radius 1 is 1.17 bits per heavy atom. The zero-order valence-electron chi connectivity index (χ0n) is 9.02. The number of rotatable bonds is 0. The van der Waals surface area contributed by atoms with E-state index in [9.17, 15) is 4.79 Å². The summed E-state index contributed by atoms with van der Waals surface area (Å²) >= 11 is 0. The molecule has 2 heterocycles. The molecule has 0 saturated carbocycles. The van der Waals surface area contributed by atoms with Crippen molar-refractivity contribution in [2.45, 2.75) is 0 Å². The second-order valence-electron chi connectivity index (χ2n) is 2.00. The molecular weight excluding hydrogens is 353 g/mol. The number of halogens is 1. The Bertz CT molecular complexity index is 457. The molecule has 0 aliphatic heterocycles. The van der Waals surface area contributed by atoms with Crippen molar-refractivity contribution in [2.24, 2.45) is 0 Å². The van der Waals surface area contributed by atoms with Gasteiger partial charge in [0, 0.05) is 5.52 Å². The third-order valence-corrected chi connectivity index (χ3v) is 1.26. The van der Waals surface area contributed by atoms with E-state index in [1.807, 2.05) is 0 Å². The Labute approximate surface area is 122 Å². The van der Waals surface area contributed by atoms with E-state index in [1.165, 1.54) is 6.33 Å². The maximum absolute atomic E-state index is 11.0. The van der Waals surface area contributed by atoms with Gasteiger partial charge >= 0.3 is 19.5 Å². The van der Waals surface area contributed by atoms with Gasteiger partial charge in [-0.3, -0.25) is 9.78 Å². The predicted molar refractivity (Wildman–Crippen MR) is 64.3 cm³/mol. The number of aromatic amines is 1. The van der Waals surface area contributed by atoms with Crippen molar-refractivity contribution in [1.29, 1.82) is 0 Å². The van der Waals surface area contributed by atoms with E-state index in [0.717, 1.165) is 0 Å². The van der Waals surface area contributed by atoms with Gasteiger partial charge in [0.25, 0.3) is 5.56 Å². The van der Waals surface area contributed by atoms with Crippen LogP contribution in [-0.4, -0.2) is 15.0 Å². The van der Waals surface area contributed by atoms with E-state index in [-0.39, 0.29) is 85.3 Å². The van der Waals surface area contributed by atoms with Crippen LogP contribution in [0.4, 0.5) is 5.95 Å². The van der Waals surface area contributed by atoms with Crippen LogP contribution in [0.25, 0.3) is 41.9 Å². The van der Waals surface area contributed by atoms with Gasteiger partial charge in [0.2, 0.25) is 5.95 Å². The van der Waals surface area contributed by atoms with Crippen LogP contribution in [0, 0.1) is 0 Å². The van der Waals surface area contributed by atoms with Crippen LogP contribution in [0.15, 0.2) is 11.1 Å². The normalized spacial score (nSPS) is 6.44. The van der Waals surface area contributed by atoms with Gasteiger partial charge < -0.3 is 58.9 Å². The number of aromatic nitrogens is 4. The third-order valence-electron chi connectivity index (χ3n) is 1.26. The van der Waals surface area contributed by atoms with Crippen LogP contribution < -0.4 is 28.7 Å². The number of hydrogen-bond donors (Lipinski definition) is 2. The Balaban J connectivity index is -0.0000000514. The average Bonchev–Trinajstić information content (AvgIpc) is 2.34. The fraction of sp³-hybridized carbons (Fsp3) is 0. The Morgan fingerprint density at radius 3 is 2.17 bits per heavy atom. The molecule has 2 aromatic rings. The van der Waals surface area contributed by atoms with Gasteiger partial charge in [0.15, 0.2) is 0 Å². The van der Waals surface area contributed by atoms with Crippen molar-refractivity contribution in [3.63, 3.8) is 0 Å². The van der Waals surface area contributed by atoms with E-state index in [1.54, 1.807) is 0 Å². The van der Waals surface area contributed by atoms with Gasteiger partial charge in [-0.05, 0) is 0 Å². The van der Waals surface area contributed by atoms with Crippen molar-refractivity contribution in [2.75, 3.05) is 5.73 Å². The van der Waals surface area contributed by atoms with E-state index in [2.05, 4.69) is 19.9 Å². The maximum atomic E-state index is 11.0. The van der Waals surface area contributed by atoms with Crippen molar-refractivity contribution in [1.82, 2.24) is 19.9 Å². The number of anilines is 1.